The SMILES string of the molecule is CC(C)Oc1ccc(N2C(=S)N[C@@H](c3ccccn3)[C@H]2c2cccn2C2CCCC2)cc1. The maximum atomic E-state index is 5.88. The van der Waals surface area contributed by atoms with E-state index in [0.29, 0.717) is 6.04 Å². The maximum absolute atomic E-state index is 5.88. The summed E-state index contributed by atoms with van der Waals surface area (Å²) in [6.07, 6.45) is 9.31. The summed E-state index contributed by atoms with van der Waals surface area (Å²) >= 11 is 5.88. The van der Waals surface area contributed by atoms with Gasteiger partial charge in [0.25, 0.3) is 0 Å². The van der Waals surface area contributed by atoms with Crippen LogP contribution in [0.4, 0.5) is 5.69 Å². The molecule has 6 heteroatoms. The molecular weight excluding hydrogens is 416 g/mol. The second-order valence-electron chi connectivity index (χ2n) is 8.94. The molecule has 0 radical (unpaired) electrons. The van der Waals surface area contributed by atoms with Crippen LogP contribution in [-0.4, -0.2) is 20.8 Å². The largest absolute Gasteiger partial charge is 0.491 e. The molecule has 2 fully saturated rings. The molecule has 0 spiro atoms. The van der Waals surface area contributed by atoms with E-state index in [2.05, 4.69) is 56.3 Å². The Kier molecular flexibility index (Phi) is 5.87. The Morgan fingerprint density at radius 2 is 1.81 bits per heavy atom. The summed E-state index contributed by atoms with van der Waals surface area (Å²) in [6.45, 7) is 4.08. The summed E-state index contributed by atoms with van der Waals surface area (Å²) in [6, 6.07) is 19.3. The summed E-state index contributed by atoms with van der Waals surface area (Å²) in [5.41, 5.74) is 3.34. The van der Waals surface area contributed by atoms with Crippen LogP contribution < -0.4 is 15.0 Å². The van der Waals surface area contributed by atoms with Gasteiger partial charge in [-0.1, -0.05) is 18.9 Å². The molecule has 5 rings (SSSR count). The summed E-state index contributed by atoms with van der Waals surface area (Å²) in [4.78, 5) is 6.92. The highest BCUT2D eigenvalue weighted by Gasteiger charge is 2.42. The maximum Gasteiger partial charge on any atom is 0.174 e. The molecule has 1 N–H and O–H groups in total. The molecule has 1 aromatic carbocycles. The van der Waals surface area contributed by atoms with E-state index in [-0.39, 0.29) is 18.2 Å². The van der Waals surface area contributed by atoms with Crippen molar-refractivity contribution in [2.24, 2.45) is 0 Å². The molecule has 166 valence electrons. The van der Waals surface area contributed by atoms with Crippen LogP contribution in [0, 0.1) is 0 Å². The van der Waals surface area contributed by atoms with Crippen LogP contribution in [0.1, 0.15) is 69.0 Å². The molecule has 1 saturated heterocycles. The monoisotopic (exact) mass is 446 g/mol. The number of rotatable bonds is 6. The van der Waals surface area contributed by atoms with E-state index >= 15 is 0 Å². The Hall–Kier alpha value is -2.86. The highest BCUT2D eigenvalue weighted by molar-refractivity contribution is 7.80. The average Bonchev–Trinajstić information content (AvgIpc) is 3.54. The normalized spacial score (nSPS) is 21.3. The van der Waals surface area contributed by atoms with E-state index in [1.165, 1.54) is 31.4 Å². The van der Waals surface area contributed by atoms with E-state index in [9.17, 15) is 0 Å². The number of thiocarbonyl (C=S) groups is 1. The van der Waals surface area contributed by atoms with E-state index in [4.69, 9.17) is 17.0 Å². The molecule has 0 amide bonds. The number of hydrogen-bond acceptors (Lipinski definition) is 3. The second kappa shape index (κ2) is 8.94. The van der Waals surface area contributed by atoms with E-state index in [1.807, 2.05) is 44.3 Å². The Morgan fingerprint density at radius 1 is 1.03 bits per heavy atom. The fourth-order valence-corrected chi connectivity index (χ4v) is 5.41. The van der Waals surface area contributed by atoms with E-state index in [1.54, 1.807) is 0 Å². The standard InChI is InChI=1S/C26H30N4OS/c1-18(2)31-21-14-12-20(13-15-21)30-25(23-11-7-17-29(23)19-8-3-4-9-19)24(28-26(30)32)22-10-5-6-16-27-22/h5-7,10-19,24-25H,3-4,8-9H2,1-2H3,(H,28,32)/t24-,25+/m0/s1. The highest BCUT2D eigenvalue weighted by Crippen LogP contribution is 2.44. The van der Waals surface area contributed by atoms with Crippen LogP contribution in [0.15, 0.2) is 67.0 Å². The molecule has 2 aliphatic rings. The van der Waals surface area contributed by atoms with Gasteiger partial charge in [-0.25, -0.2) is 0 Å². The molecule has 1 saturated carbocycles. The zero-order valence-electron chi connectivity index (χ0n) is 18.6. The fraction of sp³-hybridized carbons (Fsp3) is 0.385. The van der Waals surface area contributed by atoms with Crippen LogP contribution in [0.3, 0.4) is 0 Å². The minimum atomic E-state index is -0.0228. The quantitative estimate of drug-likeness (QED) is 0.473. The summed E-state index contributed by atoms with van der Waals surface area (Å²) in [5.74, 6) is 0.869. The van der Waals surface area contributed by atoms with Crippen molar-refractivity contribution in [3.8, 4) is 5.75 Å². The Labute approximate surface area is 195 Å². The van der Waals surface area contributed by atoms with Crippen LogP contribution >= 0.6 is 12.2 Å². The van der Waals surface area contributed by atoms with Crippen molar-refractivity contribution < 1.29 is 4.74 Å². The number of anilines is 1. The molecule has 32 heavy (non-hydrogen) atoms. The molecule has 5 nitrogen and oxygen atoms in total. The lowest BCUT2D eigenvalue weighted by atomic mass is 10.00. The number of nitrogens with zero attached hydrogens (tertiary/aromatic N) is 3. The summed E-state index contributed by atoms with van der Waals surface area (Å²) in [5, 5.41) is 4.30. The summed E-state index contributed by atoms with van der Waals surface area (Å²) < 4.78 is 8.33. The van der Waals surface area contributed by atoms with Crippen LogP contribution in [0.2, 0.25) is 0 Å². The number of pyridine rings is 1. The molecule has 1 aliphatic carbocycles. The van der Waals surface area contributed by atoms with Crippen molar-refractivity contribution in [3.05, 3.63) is 78.4 Å². The predicted molar refractivity (Wildman–Crippen MR) is 132 cm³/mol. The smallest absolute Gasteiger partial charge is 0.174 e. The first-order valence-electron chi connectivity index (χ1n) is 11.6. The van der Waals surface area contributed by atoms with Crippen molar-refractivity contribution in [2.75, 3.05) is 4.90 Å². The average molecular weight is 447 g/mol. The van der Waals surface area contributed by atoms with Crippen molar-refractivity contribution >= 4 is 23.0 Å². The topological polar surface area (TPSA) is 42.3 Å². The van der Waals surface area contributed by atoms with Gasteiger partial charge in [0.1, 0.15) is 11.8 Å². The van der Waals surface area contributed by atoms with Crippen LogP contribution in [0.5, 0.6) is 5.75 Å². The van der Waals surface area contributed by atoms with Gasteiger partial charge in [-0.05, 0) is 87.4 Å². The molecule has 2 atom stereocenters. The van der Waals surface area contributed by atoms with E-state index in [0.717, 1.165) is 22.2 Å². The number of nitrogens with one attached hydrogen (secondary N) is 1. The van der Waals surface area contributed by atoms with Gasteiger partial charge in [-0.3, -0.25) is 4.98 Å². The zero-order valence-corrected chi connectivity index (χ0v) is 19.5. The molecule has 0 unspecified atom stereocenters. The first kappa shape index (κ1) is 21.0. The highest BCUT2D eigenvalue weighted by atomic mass is 32.1. The van der Waals surface area contributed by atoms with Gasteiger partial charge < -0.3 is 19.5 Å². The van der Waals surface area contributed by atoms with Gasteiger partial charge in [0.05, 0.1) is 17.8 Å². The van der Waals surface area contributed by atoms with Crippen molar-refractivity contribution in [1.29, 1.82) is 0 Å². The molecule has 1 aliphatic heterocycles. The van der Waals surface area contributed by atoms with E-state index < -0.39 is 0 Å². The third kappa shape index (κ3) is 3.99. The van der Waals surface area contributed by atoms with Crippen molar-refractivity contribution in [1.82, 2.24) is 14.9 Å². The van der Waals surface area contributed by atoms with Gasteiger partial charge in [0.2, 0.25) is 0 Å². The number of hydrogen-bond donors (Lipinski definition) is 1. The first-order chi connectivity index (χ1) is 15.6. The Balaban J connectivity index is 1.56. The van der Waals surface area contributed by atoms with Gasteiger partial charge in [-0.15, -0.1) is 0 Å². The minimum absolute atomic E-state index is 0.0184. The van der Waals surface area contributed by atoms with Gasteiger partial charge in [0, 0.05) is 29.8 Å². The van der Waals surface area contributed by atoms with Crippen molar-refractivity contribution in [3.63, 3.8) is 0 Å². The van der Waals surface area contributed by atoms with Crippen LogP contribution in [-0.2, 0) is 0 Å². The van der Waals surface area contributed by atoms with Gasteiger partial charge in [-0.2, -0.15) is 0 Å². The Morgan fingerprint density at radius 3 is 2.50 bits per heavy atom. The predicted octanol–water partition coefficient (Wildman–Crippen LogP) is 5.96. The Bertz CT molecular complexity index is 1060. The zero-order chi connectivity index (χ0) is 22.1. The molecule has 3 aromatic rings. The minimum Gasteiger partial charge on any atom is -0.491 e. The van der Waals surface area contributed by atoms with Crippen LogP contribution in [0.25, 0.3) is 0 Å². The molecule has 2 aromatic heterocycles. The lowest BCUT2D eigenvalue weighted by Crippen LogP contribution is -2.30. The fourth-order valence-electron chi connectivity index (χ4n) is 5.06. The lowest BCUT2D eigenvalue weighted by Gasteiger charge is -2.30. The molecule has 3 heterocycles. The summed E-state index contributed by atoms with van der Waals surface area (Å²) in [7, 11) is 0. The lowest BCUT2D eigenvalue weighted by molar-refractivity contribution is 0.242. The number of ether oxygens (including phenoxy) is 1. The third-order valence-electron chi connectivity index (χ3n) is 6.42. The third-order valence-corrected chi connectivity index (χ3v) is 6.73. The van der Waals surface area contributed by atoms with Crippen molar-refractivity contribution in [2.45, 2.75) is 63.8 Å². The molecular formula is C26H30N4OS. The van der Waals surface area contributed by atoms with Gasteiger partial charge >= 0.3 is 0 Å². The molecule has 0 bridgehead atoms. The number of benzene rings is 1. The van der Waals surface area contributed by atoms with Gasteiger partial charge in [0.15, 0.2) is 5.11 Å². The number of aromatic nitrogens is 2. The first-order valence-corrected chi connectivity index (χ1v) is 12.0. The second-order valence-corrected chi connectivity index (χ2v) is 9.32.